The van der Waals surface area contributed by atoms with Gasteiger partial charge in [-0.05, 0) is 36.4 Å². The van der Waals surface area contributed by atoms with E-state index in [9.17, 15) is 4.79 Å². The molecule has 3 rings (SSSR count). The van der Waals surface area contributed by atoms with Crippen molar-refractivity contribution in [2.24, 2.45) is 0 Å². The van der Waals surface area contributed by atoms with Gasteiger partial charge in [-0.1, -0.05) is 36.4 Å². The summed E-state index contributed by atoms with van der Waals surface area (Å²) < 4.78 is 17.5. The van der Waals surface area contributed by atoms with Crippen LogP contribution in [-0.4, -0.2) is 36.6 Å². The van der Waals surface area contributed by atoms with E-state index in [4.69, 9.17) is 30.9 Å². The Hall–Kier alpha value is -3.51. The van der Waals surface area contributed by atoms with Gasteiger partial charge in [-0.2, -0.15) is 5.10 Å². The second-order valence-corrected chi connectivity index (χ2v) is 6.78. The number of aromatic nitrogens is 2. The van der Waals surface area contributed by atoms with Crippen molar-refractivity contribution >= 4 is 23.6 Å². The summed E-state index contributed by atoms with van der Waals surface area (Å²) in [6.07, 6.45) is 4.82. The zero-order valence-electron chi connectivity index (χ0n) is 16.7. The van der Waals surface area contributed by atoms with Gasteiger partial charge in [-0.3, -0.25) is 0 Å². The highest BCUT2D eigenvalue weighted by Crippen LogP contribution is 2.33. The molecule has 0 unspecified atom stereocenters. The fraction of sp³-hybridized carbons (Fsp3) is 0.130. The minimum atomic E-state index is -0.525. The number of carbonyl (C=O) groups excluding carboxylic acids is 1. The summed E-state index contributed by atoms with van der Waals surface area (Å²) in [5.41, 5.74) is 3.10. The average molecular weight is 425 g/mol. The molecule has 7 heteroatoms. The molecule has 3 aromatic rings. The van der Waals surface area contributed by atoms with Gasteiger partial charge in [0.25, 0.3) is 0 Å². The van der Waals surface area contributed by atoms with Crippen molar-refractivity contribution in [1.82, 2.24) is 9.78 Å². The third kappa shape index (κ3) is 5.10. The highest BCUT2D eigenvalue weighted by molar-refractivity contribution is 6.29. The second-order valence-electron chi connectivity index (χ2n) is 6.24. The first-order valence-corrected chi connectivity index (χ1v) is 9.45. The van der Waals surface area contributed by atoms with E-state index < -0.39 is 5.97 Å². The fourth-order valence-corrected chi connectivity index (χ4v) is 2.84. The summed E-state index contributed by atoms with van der Waals surface area (Å²) in [6.45, 7) is 3.45. The second kappa shape index (κ2) is 9.80. The van der Waals surface area contributed by atoms with Gasteiger partial charge < -0.3 is 14.2 Å². The molecule has 0 aliphatic carbocycles. The van der Waals surface area contributed by atoms with Crippen molar-refractivity contribution in [3.8, 4) is 28.4 Å². The van der Waals surface area contributed by atoms with E-state index in [2.05, 4.69) is 6.58 Å². The Labute approximate surface area is 179 Å². The Bertz CT molecular complexity index is 1070. The molecule has 0 aliphatic rings. The topological polar surface area (TPSA) is 62.6 Å². The molecule has 30 heavy (non-hydrogen) atoms. The molecule has 0 radical (unpaired) electrons. The van der Waals surface area contributed by atoms with Gasteiger partial charge in [0.1, 0.15) is 12.3 Å². The summed E-state index contributed by atoms with van der Waals surface area (Å²) in [6, 6.07) is 15.2. The van der Waals surface area contributed by atoms with Gasteiger partial charge in [0.05, 0.1) is 19.9 Å². The van der Waals surface area contributed by atoms with Crippen LogP contribution in [-0.2, 0) is 9.53 Å². The lowest BCUT2D eigenvalue weighted by molar-refractivity contribution is -0.136. The molecule has 0 bridgehead atoms. The van der Waals surface area contributed by atoms with Crippen molar-refractivity contribution < 1.29 is 19.0 Å². The van der Waals surface area contributed by atoms with E-state index in [1.54, 1.807) is 25.0 Å². The summed E-state index contributed by atoms with van der Waals surface area (Å²) in [4.78, 5) is 12.0. The number of methoxy groups -OCH3 is 2. The zero-order chi connectivity index (χ0) is 21.5. The molecule has 0 spiro atoms. The monoisotopic (exact) mass is 424 g/mol. The van der Waals surface area contributed by atoms with Crippen molar-refractivity contribution in [2.45, 2.75) is 0 Å². The molecule has 6 nitrogen and oxygen atoms in total. The highest BCUT2D eigenvalue weighted by Gasteiger charge is 2.14. The molecule has 0 atom stereocenters. The Kier molecular flexibility index (Phi) is 6.93. The zero-order valence-corrected chi connectivity index (χ0v) is 17.4. The van der Waals surface area contributed by atoms with Gasteiger partial charge in [0.2, 0.25) is 0 Å². The number of carbonyl (C=O) groups is 1. The van der Waals surface area contributed by atoms with E-state index >= 15 is 0 Å². The molecule has 0 N–H and O–H groups in total. The number of rotatable bonds is 8. The minimum Gasteiger partial charge on any atom is -0.493 e. The number of hydrogen-bond donors (Lipinski definition) is 0. The first kappa shape index (κ1) is 21.2. The van der Waals surface area contributed by atoms with Crippen molar-refractivity contribution in [3.63, 3.8) is 0 Å². The predicted octanol–water partition coefficient (Wildman–Crippen LogP) is 4.87. The molecule has 2 aromatic carbocycles. The van der Waals surface area contributed by atoms with Gasteiger partial charge in [0.15, 0.2) is 11.5 Å². The first-order chi connectivity index (χ1) is 14.5. The Balaban J connectivity index is 2.01. The number of benzene rings is 2. The molecule has 1 heterocycles. The number of hydrogen-bond acceptors (Lipinski definition) is 5. The van der Waals surface area contributed by atoms with Crippen LogP contribution in [0.1, 0.15) is 5.56 Å². The maximum atomic E-state index is 12.0. The normalized spacial score (nSPS) is 10.8. The number of halogens is 1. The maximum Gasteiger partial charge on any atom is 0.331 e. The van der Waals surface area contributed by atoms with Crippen LogP contribution in [0, 0.1) is 0 Å². The Morgan fingerprint density at radius 3 is 2.53 bits per heavy atom. The van der Waals surface area contributed by atoms with E-state index in [0.717, 1.165) is 16.8 Å². The van der Waals surface area contributed by atoms with Crippen molar-refractivity contribution in [3.05, 3.63) is 78.0 Å². The fourth-order valence-electron chi connectivity index (χ4n) is 2.79. The highest BCUT2D eigenvalue weighted by atomic mass is 35.5. The summed E-state index contributed by atoms with van der Waals surface area (Å²) in [5.74, 6) is 0.674. The molecule has 0 saturated carbocycles. The molecule has 0 fully saturated rings. The molecule has 1 aromatic heterocycles. The first-order valence-electron chi connectivity index (χ1n) is 9.07. The summed E-state index contributed by atoms with van der Waals surface area (Å²) in [7, 11) is 3.16. The number of ether oxygens (including phenoxy) is 3. The minimum absolute atomic E-state index is 0.0451. The van der Waals surface area contributed by atoms with Crippen LogP contribution in [0.4, 0.5) is 0 Å². The van der Waals surface area contributed by atoms with E-state index in [0.29, 0.717) is 17.2 Å². The largest absolute Gasteiger partial charge is 0.493 e. The molecule has 0 aliphatic heterocycles. The number of nitrogens with zero attached hydrogens (tertiary/aromatic N) is 2. The quantitative estimate of drug-likeness (QED) is 0.381. The standard InChI is InChI=1S/C23H21ClN2O4/c1-16(24)15-30-22(27)12-10-18-14-26(19-7-5-4-6-8-19)25-23(18)17-9-11-20(28-2)21(13-17)29-3/h4-14H,1,15H2,2-3H3/b12-10+. The predicted molar refractivity (Wildman–Crippen MR) is 117 cm³/mol. The lowest BCUT2D eigenvalue weighted by atomic mass is 10.1. The maximum absolute atomic E-state index is 12.0. The Morgan fingerprint density at radius 1 is 1.13 bits per heavy atom. The smallest absolute Gasteiger partial charge is 0.331 e. The average Bonchev–Trinajstić information content (AvgIpc) is 3.20. The summed E-state index contributed by atoms with van der Waals surface area (Å²) >= 11 is 5.64. The van der Waals surface area contributed by atoms with Crippen LogP contribution in [0.25, 0.3) is 23.0 Å². The van der Waals surface area contributed by atoms with Gasteiger partial charge in [-0.15, -0.1) is 0 Å². The van der Waals surface area contributed by atoms with Crippen LogP contribution in [0.5, 0.6) is 11.5 Å². The molecular weight excluding hydrogens is 404 g/mol. The number of para-hydroxylation sites is 1. The van der Waals surface area contributed by atoms with Gasteiger partial charge >= 0.3 is 5.97 Å². The van der Waals surface area contributed by atoms with Crippen LogP contribution in [0.3, 0.4) is 0 Å². The lowest BCUT2D eigenvalue weighted by Crippen LogP contribution is -2.01. The summed E-state index contributed by atoms with van der Waals surface area (Å²) in [5, 5.41) is 4.97. The van der Waals surface area contributed by atoms with E-state index in [-0.39, 0.29) is 11.6 Å². The van der Waals surface area contributed by atoms with Crippen LogP contribution < -0.4 is 9.47 Å². The third-order valence-electron chi connectivity index (χ3n) is 4.19. The lowest BCUT2D eigenvalue weighted by Gasteiger charge is -2.09. The van der Waals surface area contributed by atoms with E-state index in [1.165, 1.54) is 6.08 Å². The van der Waals surface area contributed by atoms with Crippen molar-refractivity contribution in [2.75, 3.05) is 20.8 Å². The molecule has 0 saturated heterocycles. The Morgan fingerprint density at radius 2 is 1.87 bits per heavy atom. The molecule has 154 valence electrons. The molecule has 0 amide bonds. The van der Waals surface area contributed by atoms with Crippen LogP contribution in [0.15, 0.2) is 72.4 Å². The van der Waals surface area contributed by atoms with E-state index in [1.807, 2.05) is 54.7 Å². The third-order valence-corrected chi connectivity index (χ3v) is 4.30. The number of esters is 1. The van der Waals surface area contributed by atoms with Gasteiger partial charge in [-0.25, -0.2) is 9.48 Å². The van der Waals surface area contributed by atoms with Gasteiger partial charge in [0, 0.05) is 28.4 Å². The van der Waals surface area contributed by atoms with Crippen LogP contribution in [0.2, 0.25) is 0 Å². The van der Waals surface area contributed by atoms with Crippen LogP contribution >= 0.6 is 11.6 Å². The SMILES string of the molecule is C=C(Cl)COC(=O)/C=C/c1cn(-c2ccccc2)nc1-c1ccc(OC)c(OC)c1. The van der Waals surface area contributed by atoms with Crippen molar-refractivity contribution in [1.29, 1.82) is 0 Å². The molecular formula is C23H21ClN2O4.